The van der Waals surface area contributed by atoms with Crippen molar-refractivity contribution in [1.82, 2.24) is 0 Å². The molecule has 1 amide bonds. The van der Waals surface area contributed by atoms with Crippen LogP contribution in [0.5, 0.6) is 0 Å². The van der Waals surface area contributed by atoms with Gasteiger partial charge in [-0.15, -0.1) is 0 Å². The van der Waals surface area contributed by atoms with Crippen molar-refractivity contribution >= 4 is 40.5 Å². The largest absolute Gasteiger partial charge is 0.312 e. The summed E-state index contributed by atoms with van der Waals surface area (Å²) >= 11 is 12.4. The molecule has 1 heterocycles. The predicted octanol–water partition coefficient (Wildman–Crippen LogP) is 3.81. The molecule has 0 radical (unpaired) electrons. The topological polar surface area (TPSA) is 32.7 Å². The van der Waals surface area contributed by atoms with E-state index in [4.69, 9.17) is 23.2 Å². The van der Waals surface area contributed by atoms with Gasteiger partial charge >= 0.3 is 0 Å². The number of anilines is 1. The number of hydrogen-bond acceptors (Lipinski definition) is 2. The molecule has 2 aromatic carbocycles. The molecule has 0 aromatic heterocycles. The smallest absolute Gasteiger partial charge is 0.248 e. The zero-order valence-electron chi connectivity index (χ0n) is 11.3. The number of benzodiazepines with no additional fused rings is 1. The number of halogens is 2. The maximum Gasteiger partial charge on any atom is 0.248 e. The van der Waals surface area contributed by atoms with Crippen molar-refractivity contribution in [2.24, 2.45) is 4.99 Å². The van der Waals surface area contributed by atoms with Gasteiger partial charge in [0.2, 0.25) is 5.91 Å². The van der Waals surface area contributed by atoms with Gasteiger partial charge < -0.3 is 4.90 Å². The molecule has 0 fully saturated rings. The molecule has 3 nitrogen and oxygen atoms in total. The van der Waals surface area contributed by atoms with Crippen LogP contribution >= 0.6 is 23.2 Å². The van der Waals surface area contributed by atoms with Crippen LogP contribution in [0.1, 0.15) is 11.1 Å². The van der Waals surface area contributed by atoms with Gasteiger partial charge in [-0.25, -0.2) is 0 Å². The van der Waals surface area contributed by atoms with Gasteiger partial charge in [0.05, 0.1) is 16.4 Å². The van der Waals surface area contributed by atoms with Crippen LogP contribution in [0, 0.1) is 0 Å². The van der Waals surface area contributed by atoms with E-state index in [2.05, 4.69) is 4.99 Å². The molecule has 0 N–H and O–H groups in total. The molecule has 2 aromatic rings. The lowest BCUT2D eigenvalue weighted by molar-refractivity contribution is -0.116. The van der Waals surface area contributed by atoms with E-state index >= 15 is 0 Å². The van der Waals surface area contributed by atoms with E-state index in [1.54, 1.807) is 19.2 Å². The number of fused-ring (bicyclic) bond motifs is 1. The number of amides is 1. The van der Waals surface area contributed by atoms with E-state index in [1.807, 2.05) is 30.3 Å². The van der Waals surface area contributed by atoms with E-state index in [-0.39, 0.29) is 12.5 Å². The number of aliphatic imine (C=N–C) groups is 1. The molecular formula is C16H12Cl2N2O. The summed E-state index contributed by atoms with van der Waals surface area (Å²) in [4.78, 5) is 18.1. The second kappa shape index (κ2) is 5.51. The van der Waals surface area contributed by atoms with Crippen molar-refractivity contribution in [1.29, 1.82) is 0 Å². The number of benzene rings is 2. The minimum atomic E-state index is -0.105. The van der Waals surface area contributed by atoms with E-state index < -0.39 is 0 Å². The molecule has 0 spiro atoms. The number of carbonyl (C=O) groups excluding carboxylic acids is 1. The minimum Gasteiger partial charge on any atom is -0.312 e. The molecule has 106 valence electrons. The highest BCUT2D eigenvalue weighted by Gasteiger charge is 2.25. The normalized spacial score (nSPS) is 14.5. The second-order valence-corrected chi connectivity index (χ2v) is 5.61. The summed E-state index contributed by atoms with van der Waals surface area (Å²) in [5.41, 5.74) is 3.08. The Morgan fingerprint density at radius 3 is 2.57 bits per heavy atom. The molecule has 0 bridgehead atoms. The van der Waals surface area contributed by atoms with Crippen molar-refractivity contribution < 1.29 is 4.79 Å². The Labute approximate surface area is 132 Å². The molecule has 5 heteroatoms. The van der Waals surface area contributed by atoms with Gasteiger partial charge in [-0.2, -0.15) is 0 Å². The number of hydrogen-bond donors (Lipinski definition) is 0. The Balaban J connectivity index is 2.29. The third-order valence-corrected chi connectivity index (χ3v) is 3.92. The van der Waals surface area contributed by atoms with E-state index in [9.17, 15) is 4.79 Å². The van der Waals surface area contributed by atoms with Crippen LogP contribution in [0.3, 0.4) is 0 Å². The van der Waals surface area contributed by atoms with Crippen LogP contribution in [0.15, 0.2) is 47.5 Å². The first-order valence-electron chi connectivity index (χ1n) is 6.44. The summed E-state index contributed by atoms with van der Waals surface area (Å²) in [6.07, 6.45) is 0. The van der Waals surface area contributed by atoms with Crippen molar-refractivity contribution in [2.75, 3.05) is 18.5 Å². The zero-order chi connectivity index (χ0) is 15.0. The number of nitrogens with zero attached hydrogens (tertiary/aromatic N) is 2. The number of rotatable bonds is 1. The van der Waals surface area contributed by atoms with E-state index in [0.29, 0.717) is 15.7 Å². The highest BCUT2D eigenvalue weighted by Crippen LogP contribution is 2.35. The average molecular weight is 319 g/mol. The summed E-state index contributed by atoms with van der Waals surface area (Å²) in [6.45, 7) is 0.0867. The standard InChI is InChI=1S/C16H12Cl2N2O/c1-20-14(21)9-19-15(10-5-3-2-4-6-10)12-7-11(17)8-13(18)16(12)20/h2-8H,9H2,1H3. The first kappa shape index (κ1) is 14.1. The Morgan fingerprint density at radius 2 is 1.86 bits per heavy atom. The van der Waals surface area contributed by atoms with Crippen LogP contribution < -0.4 is 4.90 Å². The van der Waals surface area contributed by atoms with Crippen molar-refractivity contribution in [3.63, 3.8) is 0 Å². The Bertz CT molecular complexity index is 741. The molecule has 3 rings (SSSR count). The SMILES string of the molecule is CN1C(=O)CN=C(c2ccccc2)c2cc(Cl)cc(Cl)c21. The lowest BCUT2D eigenvalue weighted by atomic mass is 10.0. The predicted molar refractivity (Wildman–Crippen MR) is 86.8 cm³/mol. The molecule has 0 saturated heterocycles. The average Bonchev–Trinajstić information content (AvgIpc) is 2.58. The van der Waals surface area contributed by atoms with Crippen LogP contribution in [-0.2, 0) is 4.79 Å². The molecule has 1 aliphatic heterocycles. The van der Waals surface area contributed by atoms with Crippen LogP contribution in [0.4, 0.5) is 5.69 Å². The Hall–Kier alpha value is -1.84. The van der Waals surface area contributed by atoms with Crippen molar-refractivity contribution in [3.05, 3.63) is 63.6 Å². The maximum absolute atomic E-state index is 12.1. The molecule has 0 saturated carbocycles. The second-order valence-electron chi connectivity index (χ2n) is 4.77. The van der Waals surface area contributed by atoms with Gasteiger partial charge in [-0.3, -0.25) is 9.79 Å². The first-order valence-corrected chi connectivity index (χ1v) is 7.19. The lowest BCUT2D eigenvalue weighted by Gasteiger charge is -2.19. The van der Waals surface area contributed by atoms with Crippen LogP contribution in [0.2, 0.25) is 10.0 Å². The Morgan fingerprint density at radius 1 is 1.14 bits per heavy atom. The van der Waals surface area contributed by atoms with Gasteiger partial charge in [-0.1, -0.05) is 53.5 Å². The third kappa shape index (κ3) is 2.55. The fourth-order valence-corrected chi connectivity index (χ4v) is 3.01. The van der Waals surface area contributed by atoms with Gasteiger partial charge in [0, 0.05) is 23.2 Å². The molecule has 0 aliphatic carbocycles. The monoisotopic (exact) mass is 318 g/mol. The maximum atomic E-state index is 12.1. The fourth-order valence-electron chi connectivity index (χ4n) is 2.39. The minimum absolute atomic E-state index is 0.0867. The quantitative estimate of drug-likeness (QED) is 0.787. The van der Waals surface area contributed by atoms with Gasteiger partial charge in [0.1, 0.15) is 6.54 Å². The van der Waals surface area contributed by atoms with E-state index in [0.717, 1.165) is 16.8 Å². The molecular weight excluding hydrogens is 307 g/mol. The van der Waals surface area contributed by atoms with Gasteiger partial charge in [0.15, 0.2) is 0 Å². The van der Waals surface area contributed by atoms with Crippen LogP contribution in [-0.4, -0.2) is 25.2 Å². The summed E-state index contributed by atoms with van der Waals surface area (Å²) in [5.74, 6) is -0.105. The van der Waals surface area contributed by atoms with Gasteiger partial charge in [0.25, 0.3) is 0 Å². The third-order valence-electron chi connectivity index (χ3n) is 3.41. The molecule has 0 atom stereocenters. The van der Waals surface area contributed by atoms with Gasteiger partial charge in [-0.05, 0) is 12.1 Å². The summed E-state index contributed by atoms with van der Waals surface area (Å²) < 4.78 is 0. The van der Waals surface area contributed by atoms with Crippen LogP contribution in [0.25, 0.3) is 0 Å². The number of likely N-dealkylation sites (N-methyl/N-ethyl adjacent to an activating group) is 1. The molecule has 0 unspecified atom stereocenters. The highest BCUT2D eigenvalue weighted by molar-refractivity contribution is 6.39. The highest BCUT2D eigenvalue weighted by atomic mass is 35.5. The summed E-state index contributed by atoms with van der Waals surface area (Å²) in [7, 11) is 1.70. The van der Waals surface area contributed by atoms with Crippen molar-refractivity contribution in [3.8, 4) is 0 Å². The molecule has 21 heavy (non-hydrogen) atoms. The molecule has 1 aliphatic rings. The van der Waals surface area contributed by atoms with E-state index in [1.165, 1.54) is 4.90 Å². The van der Waals surface area contributed by atoms with Crippen molar-refractivity contribution in [2.45, 2.75) is 0 Å². The first-order chi connectivity index (χ1) is 10.1. The summed E-state index contributed by atoms with van der Waals surface area (Å²) in [5, 5.41) is 0.962. The zero-order valence-corrected chi connectivity index (χ0v) is 12.8. The Kier molecular flexibility index (Phi) is 3.70. The summed E-state index contributed by atoms with van der Waals surface area (Å²) in [6, 6.07) is 13.1. The number of carbonyl (C=O) groups is 1. The lowest BCUT2D eigenvalue weighted by Crippen LogP contribution is -2.28. The fraction of sp³-hybridized carbons (Fsp3) is 0.125.